The molecule has 0 aliphatic rings. The first-order chi connectivity index (χ1) is 9.13. The van der Waals surface area contributed by atoms with Gasteiger partial charge in [-0.15, -0.1) is 11.6 Å². The van der Waals surface area contributed by atoms with E-state index in [-0.39, 0.29) is 12.5 Å². The third-order valence-corrected chi connectivity index (χ3v) is 3.38. The Morgan fingerprint density at radius 1 is 1.37 bits per heavy atom. The number of aliphatic hydroxyl groups excluding tert-OH is 1. The number of rotatable bonds is 4. The monoisotopic (exact) mass is 342 g/mol. The van der Waals surface area contributed by atoms with Crippen LogP contribution in [0.5, 0.6) is 0 Å². The molecule has 0 bridgehead atoms. The molecule has 0 spiro atoms. The second-order valence-corrected chi connectivity index (χ2v) is 4.95. The van der Waals surface area contributed by atoms with Crippen LogP contribution in [-0.4, -0.2) is 16.8 Å². The fraction of sp³-hybridized carbons (Fsp3) is 0.154. The van der Waals surface area contributed by atoms with Gasteiger partial charge in [-0.25, -0.2) is 4.99 Å². The van der Waals surface area contributed by atoms with E-state index in [9.17, 15) is 0 Å². The number of benzene rings is 1. The fourth-order valence-electron chi connectivity index (χ4n) is 1.58. The molecule has 0 radical (unpaired) electrons. The predicted octanol–water partition coefficient (Wildman–Crippen LogP) is 3.43. The van der Waals surface area contributed by atoms with Crippen LogP contribution >= 0.6 is 27.5 Å². The number of aliphatic imine (C=N–C) groups is 1. The summed E-state index contributed by atoms with van der Waals surface area (Å²) in [4.78, 5) is 4.16. The van der Waals surface area contributed by atoms with Gasteiger partial charge in [0.05, 0.1) is 11.6 Å². The highest BCUT2D eigenvalue weighted by Gasteiger charge is 2.08. The Hall–Kier alpha value is -1.30. The molecule has 0 unspecified atom stereocenters. The number of halogens is 2. The van der Waals surface area contributed by atoms with Crippen LogP contribution in [0, 0.1) is 0 Å². The highest BCUT2D eigenvalue weighted by atomic mass is 79.9. The summed E-state index contributed by atoms with van der Waals surface area (Å²) in [6, 6.07) is 9.06. The van der Waals surface area contributed by atoms with Gasteiger partial charge in [0, 0.05) is 10.0 Å². The first kappa shape index (κ1) is 14.1. The molecule has 0 fully saturated rings. The van der Waals surface area contributed by atoms with Gasteiger partial charge < -0.3 is 15.3 Å². The molecule has 2 aromatic rings. The minimum atomic E-state index is -0.119. The van der Waals surface area contributed by atoms with E-state index in [0.29, 0.717) is 23.0 Å². The first-order valence-electron chi connectivity index (χ1n) is 5.52. The third kappa shape index (κ3) is 3.37. The maximum atomic E-state index is 8.99. The summed E-state index contributed by atoms with van der Waals surface area (Å²) in [5.74, 6) is 1.76. The molecule has 1 heterocycles. The quantitative estimate of drug-likeness (QED) is 0.507. The van der Waals surface area contributed by atoms with Crippen molar-refractivity contribution in [2.24, 2.45) is 10.7 Å². The zero-order valence-electron chi connectivity index (χ0n) is 9.94. The van der Waals surface area contributed by atoms with Crippen LogP contribution in [0.2, 0.25) is 0 Å². The third-order valence-electron chi connectivity index (χ3n) is 2.45. The minimum absolute atomic E-state index is 0.119. The van der Waals surface area contributed by atoms with Crippen LogP contribution in [0.4, 0.5) is 5.69 Å². The smallest absolute Gasteiger partial charge is 0.135 e. The predicted molar refractivity (Wildman–Crippen MR) is 79.8 cm³/mol. The Balaban J connectivity index is 2.34. The molecule has 19 heavy (non-hydrogen) atoms. The van der Waals surface area contributed by atoms with Crippen molar-refractivity contribution in [1.82, 2.24) is 0 Å². The van der Waals surface area contributed by atoms with Crippen LogP contribution in [0.25, 0.3) is 11.3 Å². The lowest BCUT2D eigenvalue weighted by molar-refractivity contribution is 0.248. The summed E-state index contributed by atoms with van der Waals surface area (Å²) in [5, 5.41) is 8.99. The van der Waals surface area contributed by atoms with Crippen molar-refractivity contribution < 1.29 is 9.52 Å². The fourth-order valence-corrected chi connectivity index (χ4v) is 2.20. The Bertz CT molecular complexity index is 610. The Morgan fingerprint density at radius 2 is 2.16 bits per heavy atom. The Labute approximate surface area is 124 Å². The highest BCUT2D eigenvalue weighted by molar-refractivity contribution is 9.10. The van der Waals surface area contributed by atoms with Crippen molar-refractivity contribution in [1.29, 1.82) is 0 Å². The number of nitrogens with two attached hydrogens (primary N) is 1. The summed E-state index contributed by atoms with van der Waals surface area (Å²) in [6.07, 6.45) is 0. The SMILES string of the molecule is NC(CCl)=Nc1ccc(-c2ccc(CO)o2)c(Br)c1. The highest BCUT2D eigenvalue weighted by Crippen LogP contribution is 2.32. The second kappa shape index (κ2) is 6.23. The standard InChI is InChI=1S/C13H12BrClN2O2/c14-11-5-8(17-13(16)6-15)1-3-10(11)12-4-2-9(7-18)19-12/h1-5,18H,6-7H2,(H2,16,17). The number of hydrogen-bond donors (Lipinski definition) is 2. The van der Waals surface area contributed by atoms with Crippen molar-refractivity contribution >= 4 is 39.1 Å². The van der Waals surface area contributed by atoms with E-state index < -0.39 is 0 Å². The van der Waals surface area contributed by atoms with E-state index >= 15 is 0 Å². The molecule has 1 aromatic carbocycles. The van der Waals surface area contributed by atoms with E-state index in [1.807, 2.05) is 24.3 Å². The molecule has 0 aliphatic carbocycles. The number of aliphatic hydroxyl groups is 1. The van der Waals surface area contributed by atoms with Crippen LogP contribution in [0.1, 0.15) is 5.76 Å². The van der Waals surface area contributed by atoms with Gasteiger partial charge in [-0.05, 0) is 46.3 Å². The topological polar surface area (TPSA) is 71.8 Å². The molecular formula is C13H12BrClN2O2. The van der Waals surface area contributed by atoms with Crippen LogP contribution in [-0.2, 0) is 6.61 Å². The lowest BCUT2D eigenvalue weighted by Gasteiger charge is -2.03. The molecule has 4 nitrogen and oxygen atoms in total. The van der Waals surface area contributed by atoms with Crippen molar-refractivity contribution in [3.05, 3.63) is 40.6 Å². The molecular weight excluding hydrogens is 332 g/mol. The summed E-state index contributed by atoms with van der Waals surface area (Å²) in [7, 11) is 0. The van der Waals surface area contributed by atoms with E-state index in [1.54, 1.807) is 6.07 Å². The number of alkyl halides is 1. The summed E-state index contributed by atoms with van der Waals surface area (Å²) < 4.78 is 6.31. The molecule has 0 aliphatic heterocycles. The number of furan rings is 1. The molecule has 1 aromatic heterocycles. The molecule has 0 atom stereocenters. The second-order valence-electron chi connectivity index (χ2n) is 3.82. The molecule has 6 heteroatoms. The normalized spacial score (nSPS) is 11.8. The molecule has 2 rings (SSSR count). The van der Waals surface area contributed by atoms with Gasteiger partial charge in [0.2, 0.25) is 0 Å². The molecule has 3 N–H and O–H groups in total. The lowest BCUT2D eigenvalue weighted by atomic mass is 10.1. The minimum Gasteiger partial charge on any atom is -0.459 e. The maximum Gasteiger partial charge on any atom is 0.135 e. The summed E-state index contributed by atoms with van der Waals surface area (Å²) in [5.41, 5.74) is 7.17. The lowest BCUT2D eigenvalue weighted by Crippen LogP contribution is -2.12. The number of amidine groups is 1. The Morgan fingerprint density at radius 3 is 2.74 bits per heavy atom. The average molecular weight is 344 g/mol. The van der Waals surface area contributed by atoms with Gasteiger partial charge in [-0.2, -0.15) is 0 Å². The van der Waals surface area contributed by atoms with E-state index in [2.05, 4.69) is 20.9 Å². The van der Waals surface area contributed by atoms with E-state index in [1.165, 1.54) is 0 Å². The van der Waals surface area contributed by atoms with Gasteiger partial charge >= 0.3 is 0 Å². The van der Waals surface area contributed by atoms with Gasteiger partial charge in [0.15, 0.2) is 0 Å². The van der Waals surface area contributed by atoms with Crippen molar-refractivity contribution in [2.45, 2.75) is 6.61 Å². The van der Waals surface area contributed by atoms with Gasteiger partial charge in [0.25, 0.3) is 0 Å². The molecule has 0 saturated heterocycles. The van der Waals surface area contributed by atoms with E-state index in [0.717, 1.165) is 10.0 Å². The van der Waals surface area contributed by atoms with Crippen molar-refractivity contribution in [2.75, 3.05) is 5.88 Å². The zero-order valence-corrected chi connectivity index (χ0v) is 12.3. The first-order valence-corrected chi connectivity index (χ1v) is 6.85. The Kier molecular flexibility index (Phi) is 4.63. The molecule has 0 saturated carbocycles. The number of nitrogens with zero attached hydrogens (tertiary/aromatic N) is 1. The summed E-state index contributed by atoms with van der Waals surface area (Å²) >= 11 is 9.04. The number of hydrogen-bond acceptors (Lipinski definition) is 3. The van der Waals surface area contributed by atoms with Gasteiger partial charge in [0.1, 0.15) is 24.0 Å². The van der Waals surface area contributed by atoms with Crippen LogP contribution < -0.4 is 5.73 Å². The van der Waals surface area contributed by atoms with Gasteiger partial charge in [-0.1, -0.05) is 0 Å². The average Bonchev–Trinajstić information content (AvgIpc) is 2.87. The van der Waals surface area contributed by atoms with E-state index in [4.69, 9.17) is 26.9 Å². The largest absolute Gasteiger partial charge is 0.459 e. The van der Waals surface area contributed by atoms with Gasteiger partial charge in [-0.3, -0.25) is 0 Å². The maximum absolute atomic E-state index is 8.99. The van der Waals surface area contributed by atoms with Crippen LogP contribution in [0.3, 0.4) is 0 Å². The van der Waals surface area contributed by atoms with Crippen LogP contribution in [0.15, 0.2) is 44.2 Å². The molecule has 100 valence electrons. The van der Waals surface area contributed by atoms with Crippen molar-refractivity contribution in [3.8, 4) is 11.3 Å². The zero-order chi connectivity index (χ0) is 13.8. The molecule has 0 amide bonds. The summed E-state index contributed by atoms with van der Waals surface area (Å²) in [6.45, 7) is -0.119. The van der Waals surface area contributed by atoms with Crippen molar-refractivity contribution in [3.63, 3.8) is 0 Å².